The van der Waals surface area contributed by atoms with Gasteiger partial charge in [-0.25, -0.2) is 0 Å². The molecule has 0 spiro atoms. The number of likely N-dealkylation sites (tertiary alicyclic amines) is 1. The van der Waals surface area contributed by atoms with Gasteiger partial charge >= 0.3 is 0 Å². The highest BCUT2D eigenvalue weighted by Crippen LogP contribution is 2.42. The summed E-state index contributed by atoms with van der Waals surface area (Å²) < 4.78 is 5.77. The molecule has 1 aromatic carbocycles. The number of piperidine rings is 3. The Bertz CT molecular complexity index is 689. The summed E-state index contributed by atoms with van der Waals surface area (Å²) in [7, 11) is 0. The standard InChI is InChI=1S/C17H18N2O2/c20-17(16-7-11-3-1-2-4-15(11)21-16)19-9-12-8-18-6-5-13(12)14(19)10-18/h1-4,7,12-14H,5-6,8-10H2/t12-,13-,14-/m1/s1. The van der Waals surface area contributed by atoms with E-state index in [1.54, 1.807) is 0 Å². The van der Waals surface area contributed by atoms with Crippen LogP contribution in [0.15, 0.2) is 34.7 Å². The van der Waals surface area contributed by atoms with Crippen LogP contribution in [0, 0.1) is 11.8 Å². The maximum absolute atomic E-state index is 12.8. The summed E-state index contributed by atoms with van der Waals surface area (Å²) in [6.07, 6.45) is 1.25. The number of hydrogen-bond donors (Lipinski definition) is 0. The molecule has 0 radical (unpaired) electrons. The lowest BCUT2D eigenvalue weighted by Crippen LogP contribution is -2.54. The molecule has 108 valence electrons. The van der Waals surface area contributed by atoms with Gasteiger partial charge in [-0.1, -0.05) is 18.2 Å². The predicted molar refractivity (Wildman–Crippen MR) is 79.1 cm³/mol. The van der Waals surface area contributed by atoms with Crippen LogP contribution in [0.25, 0.3) is 11.0 Å². The van der Waals surface area contributed by atoms with E-state index in [0.717, 1.165) is 24.1 Å². The average Bonchev–Trinajstić information content (AvgIpc) is 3.06. The van der Waals surface area contributed by atoms with E-state index in [1.807, 2.05) is 30.3 Å². The average molecular weight is 282 g/mol. The van der Waals surface area contributed by atoms with Gasteiger partial charge < -0.3 is 14.2 Å². The molecule has 4 heteroatoms. The highest BCUT2D eigenvalue weighted by molar-refractivity contribution is 5.96. The molecular formula is C17H18N2O2. The summed E-state index contributed by atoms with van der Waals surface area (Å²) in [5.41, 5.74) is 0.799. The molecule has 4 nitrogen and oxygen atoms in total. The highest BCUT2D eigenvalue weighted by Gasteiger charge is 2.51. The first-order chi connectivity index (χ1) is 10.3. The Kier molecular flexibility index (Phi) is 2.31. The second kappa shape index (κ2) is 4.10. The summed E-state index contributed by atoms with van der Waals surface area (Å²) in [4.78, 5) is 17.4. The number of carbonyl (C=O) groups is 1. The number of benzene rings is 1. The summed E-state index contributed by atoms with van der Waals surface area (Å²) in [6.45, 7) is 4.34. The topological polar surface area (TPSA) is 36.7 Å². The van der Waals surface area contributed by atoms with Crippen LogP contribution >= 0.6 is 0 Å². The van der Waals surface area contributed by atoms with E-state index < -0.39 is 0 Å². The van der Waals surface area contributed by atoms with Crippen molar-refractivity contribution >= 4 is 16.9 Å². The largest absolute Gasteiger partial charge is 0.451 e. The lowest BCUT2D eigenvalue weighted by Gasteiger charge is -2.44. The third-order valence-corrected chi connectivity index (χ3v) is 5.55. The van der Waals surface area contributed by atoms with Crippen LogP contribution < -0.4 is 0 Å². The van der Waals surface area contributed by atoms with Crippen LogP contribution in [-0.2, 0) is 0 Å². The number of nitrogens with zero attached hydrogens (tertiary/aromatic N) is 2. The first-order valence-electron chi connectivity index (χ1n) is 7.81. The van der Waals surface area contributed by atoms with Gasteiger partial charge in [-0.05, 0) is 36.9 Å². The van der Waals surface area contributed by atoms with Gasteiger partial charge in [0.25, 0.3) is 5.91 Å². The fourth-order valence-corrected chi connectivity index (χ4v) is 4.57. The molecule has 4 saturated heterocycles. The smallest absolute Gasteiger partial charge is 0.289 e. The number of rotatable bonds is 1. The second-order valence-electron chi connectivity index (χ2n) is 6.65. The van der Waals surface area contributed by atoms with E-state index in [2.05, 4.69) is 9.80 Å². The van der Waals surface area contributed by atoms with Crippen molar-refractivity contribution in [1.29, 1.82) is 0 Å². The van der Waals surface area contributed by atoms with E-state index in [4.69, 9.17) is 4.42 Å². The second-order valence-corrected chi connectivity index (χ2v) is 6.65. The van der Waals surface area contributed by atoms with Crippen molar-refractivity contribution in [2.24, 2.45) is 11.8 Å². The quantitative estimate of drug-likeness (QED) is 0.804. The summed E-state index contributed by atoms with van der Waals surface area (Å²) >= 11 is 0. The van der Waals surface area contributed by atoms with Crippen LogP contribution in [-0.4, -0.2) is 47.9 Å². The van der Waals surface area contributed by atoms with Gasteiger partial charge in [-0.2, -0.15) is 0 Å². The number of amides is 1. The molecule has 4 aliphatic heterocycles. The van der Waals surface area contributed by atoms with Crippen molar-refractivity contribution in [2.75, 3.05) is 26.2 Å². The first-order valence-corrected chi connectivity index (χ1v) is 7.81. The normalized spacial score (nSPS) is 33.8. The first kappa shape index (κ1) is 11.8. The summed E-state index contributed by atoms with van der Waals surface area (Å²) in [5.74, 6) is 1.95. The van der Waals surface area contributed by atoms with Crippen molar-refractivity contribution in [3.05, 3.63) is 36.1 Å². The molecule has 4 aliphatic rings. The van der Waals surface area contributed by atoms with E-state index in [1.165, 1.54) is 19.5 Å². The fourth-order valence-electron chi connectivity index (χ4n) is 4.57. The maximum atomic E-state index is 12.8. The van der Waals surface area contributed by atoms with E-state index in [9.17, 15) is 4.79 Å². The molecule has 21 heavy (non-hydrogen) atoms. The SMILES string of the molecule is O=C(c1cc2ccccc2o1)N1C[C@H]2CN3CC[C@H]2[C@H]1C3. The molecule has 1 amide bonds. The minimum absolute atomic E-state index is 0.0763. The monoisotopic (exact) mass is 282 g/mol. The van der Waals surface area contributed by atoms with Gasteiger partial charge in [0.2, 0.25) is 0 Å². The maximum Gasteiger partial charge on any atom is 0.289 e. The molecule has 5 heterocycles. The van der Waals surface area contributed by atoms with Gasteiger partial charge in [0.05, 0.1) is 0 Å². The minimum Gasteiger partial charge on any atom is -0.451 e. The van der Waals surface area contributed by atoms with Crippen LogP contribution in [0.5, 0.6) is 0 Å². The molecule has 0 N–H and O–H groups in total. The van der Waals surface area contributed by atoms with Gasteiger partial charge in [0, 0.05) is 31.1 Å². The molecular weight excluding hydrogens is 264 g/mol. The molecule has 4 bridgehead atoms. The Morgan fingerprint density at radius 1 is 1.19 bits per heavy atom. The van der Waals surface area contributed by atoms with Crippen molar-refractivity contribution in [1.82, 2.24) is 9.80 Å². The third-order valence-electron chi connectivity index (χ3n) is 5.55. The lowest BCUT2D eigenvalue weighted by molar-refractivity contribution is 0.0408. The molecule has 4 fully saturated rings. The molecule has 1 unspecified atom stereocenters. The van der Waals surface area contributed by atoms with E-state index >= 15 is 0 Å². The Hall–Kier alpha value is -1.81. The van der Waals surface area contributed by atoms with Gasteiger partial charge in [0.1, 0.15) is 5.58 Å². The summed E-state index contributed by atoms with van der Waals surface area (Å²) in [6, 6.07) is 10.1. The summed E-state index contributed by atoms with van der Waals surface area (Å²) in [5, 5.41) is 1.01. The number of hydrogen-bond acceptors (Lipinski definition) is 3. The zero-order valence-corrected chi connectivity index (χ0v) is 11.9. The number of furan rings is 1. The van der Waals surface area contributed by atoms with Crippen molar-refractivity contribution in [2.45, 2.75) is 12.5 Å². The Balaban J connectivity index is 1.49. The Morgan fingerprint density at radius 2 is 2.10 bits per heavy atom. The Labute approximate surface area is 123 Å². The Morgan fingerprint density at radius 3 is 2.90 bits per heavy atom. The zero-order valence-electron chi connectivity index (χ0n) is 11.9. The van der Waals surface area contributed by atoms with Crippen LogP contribution in [0.2, 0.25) is 0 Å². The van der Waals surface area contributed by atoms with Gasteiger partial charge in [0.15, 0.2) is 5.76 Å². The number of fused-ring (bicyclic) bond motifs is 2. The van der Waals surface area contributed by atoms with Crippen molar-refractivity contribution in [3.8, 4) is 0 Å². The van der Waals surface area contributed by atoms with Crippen molar-refractivity contribution < 1.29 is 9.21 Å². The lowest BCUT2D eigenvalue weighted by atomic mass is 9.80. The minimum atomic E-state index is 0.0763. The molecule has 0 saturated carbocycles. The molecule has 2 aromatic rings. The predicted octanol–water partition coefficient (Wildman–Crippen LogP) is 2.21. The molecule has 6 rings (SSSR count). The zero-order chi connectivity index (χ0) is 14.0. The highest BCUT2D eigenvalue weighted by atomic mass is 16.3. The van der Waals surface area contributed by atoms with Crippen molar-refractivity contribution in [3.63, 3.8) is 0 Å². The third kappa shape index (κ3) is 1.62. The van der Waals surface area contributed by atoms with Gasteiger partial charge in [-0.15, -0.1) is 0 Å². The number of para-hydroxylation sites is 1. The van der Waals surface area contributed by atoms with Crippen LogP contribution in [0.4, 0.5) is 0 Å². The molecule has 4 atom stereocenters. The fraction of sp³-hybridized carbons (Fsp3) is 0.471. The van der Waals surface area contributed by atoms with Crippen LogP contribution in [0.1, 0.15) is 17.0 Å². The van der Waals surface area contributed by atoms with Crippen LogP contribution in [0.3, 0.4) is 0 Å². The number of carbonyl (C=O) groups excluding carboxylic acids is 1. The molecule has 0 aliphatic carbocycles. The van der Waals surface area contributed by atoms with E-state index in [0.29, 0.717) is 23.6 Å². The van der Waals surface area contributed by atoms with E-state index in [-0.39, 0.29) is 5.91 Å². The van der Waals surface area contributed by atoms with Gasteiger partial charge in [-0.3, -0.25) is 4.79 Å². The molecule has 1 aromatic heterocycles.